The maximum absolute atomic E-state index is 12.2. The summed E-state index contributed by atoms with van der Waals surface area (Å²) in [6.07, 6.45) is 51.0. The van der Waals surface area contributed by atoms with Crippen LogP contribution in [-0.4, -0.2) is 36.4 Å². The van der Waals surface area contributed by atoms with Crippen LogP contribution in [0.2, 0.25) is 0 Å². The van der Waals surface area contributed by atoms with Gasteiger partial charge >= 0.3 is 11.9 Å². The number of ether oxygens (including phenoxy) is 2. The van der Waals surface area contributed by atoms with Gasteiger partial charge < -0.3 is 14.6 Å². The molecule has 5 nitrogen and oxygen atoms in total. The van der Waals surface area contributed by atoms with Crippen molar-refractivity contribution >= 4 is 11.9 Å². The van der Waals surface area contributed by atoms with Gasteiger partial charge in [-0.3, -0.25) is 9.59 Å². The van der Waals surface area contributed by atoms with E-state index in [1.54, 1.807) is 0 Å². The van der Waals surface area contributed by atoms with E-state index in [0.717, 1.165) is 83.5 Å². The summed E-state index contributed by atoms with van der Waals surface area (Å²) in [5.41, 5.74) is 0. The van der Waals surface area contributed by atoms with Crippen LogP contribution in [0.15, 0.2) is 72.9 Å². The number of allylic oxidation sites excluding steroid dienone is 12. The molecular weight excluding hydrogens is 596 g/mol. The van der Waals surface area contributed by atoms with Crippen molar-refractivity contribution in [1.82, 2.24) is 0 Å². The predicted octanol–water partition coefficient (Wildman–Crippen LogP) is 12.2. The summed E-state index contributed by atoms with van der Waals surface area (Å²) < 4.78 is 10.6. The summed E-state index contributed by atoms with van der Waals surface area (Å²) in [6, 6.07) is 0. The fourth-order valence-corrected chi connectivity index (χ4v) is 5.04. The number of aliphatic hydroxyl groups excluding tert-OH is 1. The number of rotatable bonds is 34. The second-order valence-corrected chi connectivity index (χ2v) is 12.6. The van der Waals surface area contributed by atoms with Crippen LogP contribution in [-0.2, 0) is 19.1 Å². The van der Waals surface area contributed by atoms with Crippen LogP contribution in [0.25, 0.3) is 0 Å². The lowest BCUT2D eigenvalue weighted by Crippen LogP contribution is -2.28. The first kappa shape index (κ1) is 45.3. The topological polar surface area (TPSA) is 72.8 Å². The molecule has 0 saturated carbocycles. The largest absolute Gasteiger partial charge is 0.462 e. The molecule has 0 aromatic rings. The van der Waals surface area contributed by atoms with E-state index >= 15 is 0 Å². The number of unbranched alkanes of at least 4 members (excludes halogenated alkanes) is 14. The van der Waals surface area contributed by atoms with E-state index in [0.29, 0.717) is 12.8 Å². The minimum Gasteiger partial charge on any atom is -0.462 e. The maximum atomic E-state index is 12.2. The maximum Gasteiger partial charge on any atom is 0.306 e. The Balaban J connectivity index is 3.67. The van der Waals surface area contributed by atoms with E-state index in [9.17, 15) is 14.7 Å². The Bertz CT molecular complexity index is 895. The van der Waals surface area contributed by atoms with Crippen molar-refractivity contribution in [2.75, 3.05) is 13.2 Å². The first-order chi connectivity index (χ1) is 23.6. The zero-order valence-electron chi connectivity index (χ0n) is 31.0. The molecule has 0 aliphatic heterocycles. The molecule has 0 aromatic carbocycles. The SMILES string of the molecule is CC/C=C\C/C=C\C/C=C\C/C=C\C/C=C\CCCCCC(=O)OC(CO)COC(=O)CCCCCCC/C=C\CCCCCCCC. The van der Waals surface area contributed by atoms with E-state index in [-0.39, 0.29) is 25.2 Å². The molecule has 1 unspecified atom stereocenters. The molecule has 0 saturated heterocycles. The Morgan fingerprint density at radius 3 is 1.40 bits per heavy atom. The number of hydrogen-bond acceptors (Lipinski definition) is 5. The predicted molar refractivity (Wildman–Crippen MR) is 205 cm³/mol. The van der Waals surface area contributed by atoms with Crippen LogP contribution < -0.4 is 0 Å². The summed E-state index contributed by atoms with van der Waals surface area (Å²) in [7, 11) is 0. The van der Waals surface area contributed by atoms with Crippen molar-refractivity contribution in [2.45, 2.75) is 174 Å². The number of hydrogen-bond donors (Lipinski definition) is 1. The van der Waals surface area contributed by atoms with Gasteiger partial charge in [-0.15, -0.1) is 0 Å². The molecule has 5 heteroatoms. The highest BCUT2D eigenvalue weighted by atomic mass is 16.6. The van der Waals surface area contributed by atoms with Crippen molar-refractivity contribution in [1.29, 1.82) is 0 Å². The average Bonchev–Trinajstić information content (AvgIpc) is 3.09. The fraction of sp³-hybridized carbons (Fsp3) is 0.674. The molecular formula is C43H72O5. The van der Waals surface area contributed by atoms with Crippen LogP contribution in [0.3, 0.4) is 0 Å². The molecule has 0 bridgehead atoms. The van der Waals surface area contributed by atoms with Gasteiger partial charge in [0.1, 0.15) is 6.61 Å². The normalized spacial score (nSPS) is 13.0. The zero-order chi connectivity index (χ0) is 35.0. The Labute approximate surface area is 295 Å². The van der Waals surface area contributed by atoms with Crippen molar-refractivity contribution in [3.8, 4) is 0 Å². The summed E-state index contributed by atoms with van der Waals surface area (Å²) in [6.45, 7) is 3.97. The zero-order valence-corrected chi connectivity index (χ0v) is 31.0. The molecule has 0 heterocycles. The Morgan fingerprint density at radius 2 is 0.896 bits per heavy atom. The van der Waals surface area contributed by atoms with Crippen molar-refractivity contribution < 1.29 is 24.2 Å². The van der Waals surface area contributed by atoms with Crippen LogP contribution in [0.1, 0.15) is 168 Å². The average molecular weight is 669 g/mol. The second kappa shape index (κ2) is 38.8. The first-order valence-corrected chi connectivity index (χ1v) is 19.5. The van der Waals surface area contributed by atoms with E-state index < -0.39 is 6.10 Å². The molecule has 0 aromatic heterocycles. The highest BCUT2D eigenvalue weighted by Crippen LogP contribution is 2.11. The third-order valence-corrected chi connectivity index (χ3v) is 7.98. The molecule has 0 spiro atoms. The summed E-state index contributed by atoms with van der Waals surface area (Å²) >= 11 is 0. The van der Waals surface area contributed by atoms with Gasteiger partial charge in [-0.25, -0.2) is 0 Å². The van der Waals surface area contributed by atoms with Crippen LogP contribution in [0.4, 0.5) is 0 Å². The van der Waals surface area contributed by atoms with Crippen LogP contribution in [0.5, 0.6) is 0 Å². The number of carbonyl (C=O) groups excluding carboxylic acids is 2. The van der Waals surface area contributed by atoms with E-state index in [1.165, 1.54) is 57.8 Å². The van der Waals surface area contributed by atoms with Gasteiger partial charge in [-0.1, -0.05) is 145 Å². The van der Waals surface area contributed by atoms with Gasteiger partial charge in [0, 0.05) is 12.8 Å². The highest BCUT2D eigenvalue weighted by molar-refractivity contribution is 5.70. The molecule has 48 heavy (non-hydrogen) atoms. The fourth-order valence-electron chi connectivity index (χ4n) is 5.04. The quantitative estimate of drug-likeness (QED) is 0.0420. The third-order valence-electron chi connectivity index (χ3n) is 7.98. The Hall–Kier alpha value is -2.66. The van der Waals surface area contributed by atoms with Gasteiger partial charge in [0.15, 0.2) is 6.10 Å². The lowest BCUT2D eigenvalue weighted by atomic mass is 10.1. The second-order valence-electron chi connectivity index (χ2n) is 12.6. The number of aliphatic hydroxyl groups is 1. The minimum absolute atomic E-state index is 0.0871. The molecule has 0 rings (SSSR count). The molecule has 274 valence electrons. The van der Waals surface area contributed by atoms with E-state index in [4.69, 9.17) is 9.47 Å². The number of carbonyl (C=O) groups is 2. The van der Waals surface area contributed by atoms with Crippen molar-refractivity contribution in [3.63, 3.8) is 0 Å². The Morgan fingerprint density at radius 1 is 0.500 bits per heavy atom. The molecule has 0 aliphatic carbocycles. The van der Waals surface area contributed by atoms with Gasteiger partial charge in [-0.05, 0) is 83.5 Å². The molecule has 0 radical (unpaired) electrons. The van der Waals surface area contributed by atoms with Crippen LogP contribution >= 0.6 is 0 Å². The summed E-state index contributed by atoms with van der Waals surface area (Å²) in [4.78, 5) is 24.2. The summed E-state index contributed by atoms with van der Waals surface area (Å²) in [5.74, 6) is -0.644. The third kappa shape index (κ3) is 36.2. The van der Waals surface area contributed by atoms with Gasteiger partial charge in [0.2, 0.25) is 0 Å². The lowest BCUT2D eigenvalue weighted by Gasteiger charge is -2.15. The lowest BCUT2D eigenvalue weighted by molar-refractivity contribution is -0.161. The van der Waals surface area contributed by atoms with E-state index in [2.05, 4.69) is 86.8 Å². The number of esters is 2. The standard InChI is InChI=1S/C43H72O5/c1-3-5-7-9-11-13-15-17-19-20-21-22-24-26-28-30-32-34-36-38-43(46)48-41(39-44)40-47-42(45)37-35-33-31-29-27-25-23-18-16-14-12-10-8-6-4-2/h5,7,11,13,17-19,21-23,26,28,41,44H,3-4,6,8-10,12,14-16,20,24-25,27,29-40H2,1-2H3/b7-5-,13-11-,19-17-,22-21-,23-18-,28-26-. The molecule has 1 atom stereocenters. The van der Waals surface area contributed by atoms with Crippen molar-refractivity contribution in [2.24, 2.45) is 0 Å². The minimum atomic E-state index is -0.795. The monoisotopic (exact) mass is 669 g/mol. The summed E-state index contributed by atoms with van der Waals surface area (Å²) in [5, 5.41) is 9.55. The van der Waals surface area contributed by atoms with Gasteiger partial charge in [-0.2, -0.15) is 0 Å². The van der Waals surface area contributed by atoms with Gasteiger partial charge in [0.25, 0.3) is 0 Å². The molecule has 0 fully saturated rings. The molecule has 0 aliphatic rings. The first-order valence-electron chi connectivity index (χ1n) is 19.5. The highest BCUT2D eigenvalue weighted by Gasteiger charge is 2.16. The van der Waals surface area contributed by atoms with Crippen molar-refractivity contribution in [3.05, 3.63) is 72.9 Å². The van der Waals surface area contributed by atoms with E-state index in [1.807, 2.05) is 0 Å². The molecule has 0 amide bonds. The van der Waals surface area contributed by atoms with Crippen LogP contribution in [0, 0.1) is 0 Å². The van der Waals surface area contributed by atoms with Gasteiger partial charge in [0.05, 0.1) is 6.61 Å². The smallest absolute Gasteiger partial charge is 0.306 e. The Kier molecular flexibility index (Phi) is 36.6. The molecule has 1 N–H and O–H groups in total.